The van der Waals surface area contributed by atoms with Crippen molar-refractivity contribution in [3.8, 4) is 10.7 Å². The number of halogens is 1. The number of nitrogens with one attached hydrogen (secondary N) is 1. The Morgan fingerprint density at radius 2 is 2.23 bits per heavy atom. The second-order valence-corrected chi connectivity index (χ2v) is 4.54. The molecule has 66 valence electrons. The molecule has 0 aliphatic carbocycles. The van der Waals surface area contributed by atoms with Crippen LogP contribution in [0.4, 0.5) is 0 Å². The summed E-state index contributed by atoms with van der Waals surface area (Å²) in [5, 5.41) is 8.36. The fourth-order valence-corrected chi connectivity index (χ4v) is 1.98. The standard InChI is InChI=1S/C7H4BrN3OS/c8-7-11-10-6(13-7)4-2-1-3-5(12)9-4/h1-3H,(H,9,12). The quantitative estimate of drug-likeness (QED) is 0.846. The molecule has 13 heavy (non-hydrogen) atoms. The van der Waals surface area contributed by atoms with Gasteiger partial charge in [0.25, 0.3) is 0 Å². The molecular formula is C7H4BrN3OS. The van der Waals surface area contributed by atoms with E-state index in [0.717, 1.165) is 0 Å². The van der Waals surface area contributed by atoms with E-state index in [-0.39, 0.29) is 5.56 Å². The molecule has 0 fully saturated rings. The zero-order chi connectivity index (χ0) is 9.26. The van der Waals surface area contributed by atoms with Gasteiger partial charge in [-0.05, 0) is 22.0 Å². The van der Waals surface area contributed by atoms with E-state index in [2.05, 4.69) is 31.1 Å². The van der Waals surface area contributed by atoms with Crippen LogP contribution < -0.4 is 5.56 Å². The summed E-state index contributed by atoms with van der Waals surface area (Å²) in [4.78, 5) is 13.6. The summed E-state index contributed by atoms with van der Waals surface area (Å²) in [7, 11) is 0. The zero-order valence-corrected chi connectivity index (χ0v) is 8.72. The van der Waals surface area contributed by atoms with Gasteiger partial charge >= 0.3 is 0 Å². The minimum atomic E-state index is -0.135. The monoisotopic (exact) mass is 257 g/mol. The first kappa shape index (κ1) is 8.58. The Kier molecular flexibility index (Phi) is 2.24. The van der Waals surface area contributed by atoms with E-state index >= 15 is 0 Å². The Hall–Kier alpha value is -1.01. The summed E-state index contributed by atoms with van der Waals surface area (Å²) in [6, 6.07) is 4.93. The van der Waals surface area contributed by atoms with Gasteiger partial charge in [0.2, 0.25) is 5.56 Å². The lowest BCUT2D eigenvalue weighted by atomic mass is 10.4. The summed E-state index contributed by atoms with van der Waals surface area (Å²) in [6.45, 7) is 0. The van der Waals surface area contributed by atoms with Crippen LogP contribution in [0.1, 0.15) is 0 Å². The molecule has 0 unspecified atom stereocenters. The van der Waals surface area contributed by atoms with E-state index in [1.807, 2.05) is 0 Å². The second-order valence-electron chi connectivity index (χ2n) is 2.29. The van der Waals surface area contributed by atoms with Crippen LogP contribution >= 0.6 is 27.3 Å². The lowest BCUT2D eigenvalue weighted by Crippen LogP contribution is -2.03. The van der Waals surface area contributed by atoms with Gasteiger partial charge in [0.05, 0.1) is 5.69 Å². The number of aromatic amines is 1. The van der Waals surface area contributed by atoms with E-state index in [1.165, 1.54) is 17.4 Å². The fraction of sp³-hybridized carbons (Fsp3) is 0. The van der Waals surface area contributed by atoms with Crippen LogP contribution in [0, 0.1) is 0 Å². The molecular weight excluding hydrogens is 254 g/mol. The number of pyridine rings is 1. The minimum Gasteiger partial charge on any atom is -0.320 e. The second kappa shape index (κ2) is 3.39. The number of hydrogen-bond donors (Lipinski definition) is 1. The number of aromatic nitrogens is 3. The van der Waals surface area contributed by atoms with Crippen LogP contribution in [-0.4, -0.2) is 15.2 Å². The van der Waals surface area contributed by atoms with E-state index < -0.39 is 0 Å². The molecule has 0 saturated carbocycles. The Balaban J connectivity index is 2.52. The highest BCUT2D eigenvalue weighted by Crippen LogP contribution is 2.23. The molecule has 0 amide bonds. The first-order valence-corrected chi connectivity index (χ1v) is 5.05. The minimum absolute atomic E-state index is 0.135. The van der Waals surface area contributed by atoms with Gasteiger partial charge in [0.1, 0.15) is 0 Å². The molecule has 2 rings (SSSR count). The van der Waals surface area contributed by atoms with Gasteiger partial charge in [-0.3, -0.25) is 4.79 Å². The molecule has 0 aliphatic rings. The van der Waals surface area contributed by atoms with E-state index in [9.17, 15) is 4.79 Å². The van der Waals surface area contributed by atoms with Crippen LogP contribution in [0.3, 0.4) is 0 Å². The van der Waals surface area contributed by atoms with Crippen LogP contribution in [0.25, 0.3) is 10.7 Å². The van der Waals surface area contributed by atoms with Crippen LogP contribution in [-0.2, 0) is 0 Å². The van der Waals surface area contributed by atoms with Gasteiger partial charge in [0, 0.05) is 6.07 Å². The normalized spacial score (nSPS) is 10.2. The molecule has 0 aliphatic heterocycles. The molecule has 0 aromatic carbocycles. The molecule has 1 N–H and O–H groups in total. The number of rotatable bonds is 1. The predicted molar refractivity (Wildman–Crippen MR) is 53.7 cm³/mol. The van der Waals surface area contributed by atoms with Gasteiger partial charge in [0.15, 0.2) is 8.92 Å². The average molecular weight is 258 g/mol. The maximum Gasteiger partial charge on any atom is 0.248 e. The van der Waals surface area contributed by atoms with Crippen molar-refractivity contribution >= 4 is 27.3 Å². The summed E-state index contributed by atoms with van der Waals surface area (Å²) < 4.78 is 0.701. The molecule has 6 heteroatoms. The highest BCUT2D eigenvalue weighted by molar-refractivity contribution is 9.11. The van der Waals surface area contributed by atoms with Crippen molar-refractivity contribution < 1.29 is 0 Å². The maximum atomic E-state index is 11.0. The summed E-state index contributed by atoms with van der Waals surface area (Å²) >= 11 is 4.57. The average Bonchev–Trinajstić information content (AvgIpc) is 2.52. The Morgan fingerprint density at radius 3 is 2.85 bits per heavy atom. The lowest BCUT2D eigenvalue weighted by Gasteiger charge is -1.91. The Labute approximate surface area is 85.8 Å². The Morgan fingerprint density at radius 1 is 1.38 bits per heavy atom. The molecule has 0 saturated heterocycles. The van der Waals surface area contributed by atoms with Crippen molar-refractivity contribution in [2.45, 2.75) is 0 Å². The first-order valence-electron chi connectivity index (χ1n) is 3.44. The largest absolute Gasteiger partial charge is 0.320 e. The van der Waals surface area contributed by atoms with E-state index in [1.54, 1.807) is 12.1 Å². The molecule has 2 aromatic heterocycles. The molecule has 2 heterocycles. The molecule has 2 aromatic rings. The van der Waals surface area contributed by atoms with Crippen molar-refractivity contribution in [3.63, 3.8) is 0 Å². The smallest absolute Gasteiger partial charge is 0.248 e. The van der Waals surface area contributed by atoms with Gasteiger partial charge in [-0.2, -0.15) is 0 Å². The van der Waals surface area contributed by atoms with E-state index in [4.69, 9.17) is 0 Å². The zero-order valence-electron chi connectivity index (χ0n) is 6.32. The third-order valence-corrected chi connectivity index (χ3v) is 2.79. The van der Waals surface area contributed by atoms with Gasteiger partial charge < -0.3 is 4.98 Å². The summed E-state index contributed by atoms with van der Waals surface area (Å²) in [5.41, 5.74) is 0.555. The lowest BCUT2D eigenvalue weighted by molar-refractivity contribution is 1.06. The maximum absolute atomic E-state index is 11.0. The van der Waals surface area contributed by atoms with Crippen molar-refractivity contribution in [1.82, 2.24) is 15.2 Å². The first-order chi connectivity index (χ1) is 6.25. The third kappa shape index (κ3) is 1.84. The summed E-state index contributed by atoms with van der Waals surface area (Å²) in [5.74, 6) is 0. The van der Waals surface area contributed by atoms with E-state index in [0.29, 0.717) is 14.6 Å². The highest BCUT2D eigenvalue weighted by atomic mass is 79.9. The molecule has 4 nitrogen and oxygen atoms in total. The van der Waals surface area contributed by atoms with Crippen molar-refractivity contribution in [1.29, 1.82) is 0 Å². The van der Waals surface area contributed by atoms with Gasteiger partial charge in [-0.1, -0.05) is 17.4 Å². The SMILES string of the molecule is O=c1cccc(-c2nnc(Br)s2)[nH]1. The van der Waals surface area contributed by atoms with Gasteiger partial charge in [-0.15, -0.1) is 10.2 Å². The van der Waals surface area contributed by atoms with Crippen LogP contribution in [0.15, 0.2) is 26.9 Å². The molecule has 0 atom stereocenters. The van der Waals surface area contributed by atoms with Gasteiger partial charge in [-0.25, -0.2) is 0 Å². The van der Waals surface area contributed by atoms with Crippen molar-refractivity contribution in [3.05, 3.63) is 32.5 Å². The topological polar surface area (TPSA) is 58.6 Å². The molecule has 0 spiro atoms. The van der Waals surface area contributed by atoms with Crippen molar-refractivity contribution in [2.24, 2.45) is 0 Å². The summed E-state index contributed by atoms with van der Waals surface area (Å²) in [6.07, 6.45) is 0. The van der Waals surface area contributed by atoms with Crippen LogP contribution in [0.5, 0.6) is 0 Å². The van der Waals surface area contributed by atoms with Crippen molar-refractivity contribution in [2.75, 3.05) is 0 Å². The molecule has 0 bridgehead atoms. The predicted octanol–water partition coefficient (Wildman–Crippen LogP) is 1.66. The highest BCUT2D eigenvalue weighted by Gasteiger charge is 2.04. The number of H-pyrrole nitrogens is 1. The number of nitrogens with zero attached hydrogens (tertiary/aromatic N) is 2. The fourth-order valence-electron chi connectivity index (χ4n) is 0.887. The Bertz CT molecular complexity index is 478. The molecule has 0 radical (unpaired) electrons. The number of hydrogen-bond acceptors (Lipinski definition) is 4. The third-order valence-electron chi connectivity index (χ3n) is 1.40. The van der Waals surface area contributed by atoms with Crippen LogP contribution in [0.2, 0.25) is 0 Å².